The lowest BCUT2D eigenvalue weighted by Gasteiger charge is -2.17. The Labute approximate surface area is 172 Å². The van der Waals surface area contributed by atoms with Crippen LogP contribution in [0.15, 0.2) is 41.5 Å². The maximum absolute atomic E-state index is 11.2. The SMILES string of the molecule is CN=C(NCCc1cccc2cccnc12)NC(C)CCS(C)(=O)=O.I. The molecule has 0 aliphatic rings. The molecular formula is C18H27IN4O2S. The monoisotopic (exact) mass is 490 g/mol. The number of fused-ring (bicyclic) bond motifs is 1. The van der Waals surface area contributed by atoms with Crippen LogP contribution in [0, 0.1) is 0 Å². The summed E-state index contributed by atoms with van der Waals surface area (Å²) in [7, 11) is -1.24. The highest BCUT2D eigenvalue weighted by molar-refractivity contribution is 14.0. The molecule has 6 nitrogen and oxygen atoms in total. The molecule has 1 aromatic carbocycles. The highest BCUT2D eigenvalue weighted by Crippen LogP contribution is 2.15. The summed E-state index contributed by atoms with van der Waals surface area (Å²) in [6, 6.07) is 10.2. The normalized spacial score (nSPS) is 13.1. The number of para-hydroxylation sites is 1. The molecule has 0 radical (unpaired) electrons. The third-order valence-corrected chi connectivity index (χ3v) is 4.91. The zero-order chi connectivity index (χ0) is 18.3. The van der Waals surface area contributed by atoms with E-state index in [-0.39, 0.29) is 35.8 Å². The largest absolute Gasteiger partial charge is 0.356 e. The molecule has 0 spiro atoms. The van der Waals surface area contributed by atoms with Crippen LogP contribution in [-0.2, 0) is 16.3 Å². The van der Waals surface area contributed by atoms with Gasteiger partial charge in [0.25, 0.3) is 0 Å². The number of pyridine rings is 1. The average Bonchev–Trinajstić information content (AvgIpc) is 2.58. The number of aromatic nitrogens is 1. The Kier molecular flexibility index (Phi) is 9.28. The van der Waals surface area contributed by atoms with Gasteiger partial charge >= 0.3 is 0 Å². The van der Waals surface area contributed by atoms with Gasteiger partial charge in [0.1, 0.15) is 9.84 Å². The topological polar surface area (TPSA) is 83.4 Å². The van der Waals surface area contributed by atoms with Gasteiger partial charge in [0.05, 0.1) is 11.3 Å². The van der Waals surface area contributed by atoms with Gasteiger partial charge in [0.2, 0.25) is 0 Å². The molecule has 1 unspecified atom stereocenters. The van der Waals surface area contributed by atoms with Crippen molar-refractivity contribution >= 4 is 50.7 Å². The molecule has 1 aromatic heterocycles. The summed E-state index contributed by atoms with van der Waals surface area (Å²) in [6.45, 7) is 2.67. The van der Waals surface area contributed by atoms with Crippen molar-refractivity contribution in [3.63, 3.8) is 0 Å². The molecule has 1 atom stereocenters. The van der Waals surface area contributed by atoms with E-state index in [1.807, 2.05) is 25.3 Å². The first kappa shape index (κ1) is 22.6. The van der Waals surface area contributed by atoms with Crippen molar-refractivity contribution < 1.29 is 8.42 Å². The van der Waals surface area contributed by atoms with E-state index in [2.05, 4.69) is 38.8 Å². The maximum atomic E-state index is 11.2. The summed E-state index contributed by atoms with van der Waals surface area (Å²) in [4.78, 5) is 8.66. The zero-order valence-corrected chi connectivity index (χ0v) is 18.5. The number of hydrogen-bond acceptors (Lipinski definition) is 4. The molecule has 0 saturated carbocycles. The highest BCUT2D eigenvalue weighted by Gasteiger charge is 2.09. The quantitative estimate of drug-likeness (QED) is 0.354. The first-order valence-corrected chi connectivity index (χ1v) is 10.4. The predicted molar refractivity (Wildman–Crippen MR) is 119 cm³/mol. The number of guanidine groups is 1. The van der Waals surface area contributed by atoms with E-state index in [1.165, 1.54) is 11.8 Å². The molecule has 2 aromatic rings. The lowest BCUT2D eigenvalue weighted by molar-refractivity contribution is 0.581. The Morgan fingerprint density at radius 3 is 2.69 bits per heavy atom. The third kappa shape index (κ3) is 7.45. The second-order valence-corrected chi connectivity index (χ2v) is 8.46. The molecular weight excluding hydrogens is 463 g/mol. The minimum absolute atomic E-state index is 0. The molecule has 0 amide bonds. The Hall–Kier alpha value is -1.42. The predicted octanol–water partition coefficient (Wildman–Crippen LogP) is 2.38. The molecule has 0 fully saturated rings. The Balaban J connectivity index is 0.00000338. The number of nitrogens with zero attached hydrogens (tertiary/aromatic N) is 2. The van der Waals surface area contributed by atoms with Gasteiger partial charge in [-0.1, -0.05) is 24.3 Å². The van der Waals surface area contributed by atoms with E-state index in [4.69, 9.17) is 0 Å². The number of benzene rings is 1. The standard InChI is InChI=1S/C18H26N4O2S.HI/c1-14(10-13-25(3,23)24)22-18(19-2)21-12-9-16-7-4-6-15-8-5-11-20-17(15)16;/h4-8,11,14H,9-10,12-13H2,1-3H3,(H2,19,21,22);1H. The second kappa shape index (κ2) is 10.7. The van der Waals surface area contributed by atoms with E-state index < -0.39 is 9.84 Å². The van der Waals surface area contributed by atoms with Crippen LogP contribution in [-0.4, -0.2) is 51.0 Å². The fourth-order valence-corrected chi connectivity index (χ4v) is 3.36. The Morgan fingerprint density at radius 2 is 2.00 bits per heavy atom. The summed E-state index contributed by atoms with van der Waals surface area (Å²) in [6.07, 6.45) is 4.44. The van der Waals surface area contributed by atoms with Crippen LogP contribution in [0.3, 0.4) is 0 Å². The van der Waals surface area contributed by atoms with E-state index in [1.54, 1.807) is 7.05 Å². The summed E-state index contributed by atoms with van der Waals surface area (Å²) in [5, 5.41) is 7.63. The summed E-state index contributed by atoms with van der Waals surface area (Å²) in [5.41, 5.74) is 2.21. The molecule has 0 aliphatic carbocycles. The van der Waals surface area contributed by atoms with Crippen molar-refractivity contribution in [1.29, 1.82) is 0 Å². The fourth-order valence-electron chi connectivity index (χ4n) is 2.58. The Bertz CT molecular complexity index is 835. The van der Waals surface area contributed by atoms with Crippen molar-refractivity contribution in [3.8, 4) is 0 Å². The number of hydrogen-bond donors (Lipinski definition) is 2. The summed E-state index contributed by atoms with van der Waals surface area (Å²) >= 11 is 0. The van der Waals surface area contributed by atoms with Crippen molar-refractivity contribution in [3.05, 3.63) is 42.1 Å². The van der Waals surface area contributed by atoms with E-state index in [0.717, 1.165) is 17.3 Å². The minimum Gasteiger partial charge on any atom is -0.356 e. The van der Waals surface area contributed by atoms with Crippen LogP contribution in [0.1, 0.15) is 18.9 Å². The fraction of sp³-hybridized carbons (Fsp3) is 0.444. The van der Waals surface area contributed by atoms with Crippen LogP contribution >= 0.6 is 24.0 Å². The molecule has 144 valence electrons. The minimum atomic E-state index is -2.94. The summed E-state index contributed by atoms with van der Waals surface area (Å²) in [5.74, 6) is 0.842. The highest BCUT2D eigenvalue weighted by atomic mass is 127. The van der Waals surface area contributed by atoms with Crippen molar-refractivity contribution in [2.45, 2.75) is 25.8 Å². The van der Waals surface area contributed by atoms with Gasteiger partial charge in [-0.25, -0.2) is 8.42 Å². The van der Waals surface area contributed by atoms with Crippen LogP contribution in [0.4, 0.5) is 0 Å². The zero-order valence-electron chi connectivity index (χ0n) is 15.4. The Morgan fingerprint density at radius 1 is 1.27 bits per heavy atom. The van der Waals surface area contributed by atoms with Crippen LogP contribution in [0.2, 0.25) is 0 Å². The van der Waals surface area contributed by atoms with Gasteiger partial charge in [0.15, 0.2) is 5.96 Å². The molecule has 1 heterocycles. The molecule has 26 heavy (non-hydrogen) atoms. The van der Waals surface area contributed by atoms with E-state index >= 15 is 0 Å². The van der Waals surface area contributed by atoms with Gasteiger partial charge in [-0.2, -0.15) is 0 Å². The van der Waals surface area contributed by atoms with Gasteiger partial charge in [-0.15, -0.1) is 24.0 Å². The number of rotatable bonds is 7. The van der Waals surface area contributed by atoms with Crippen molar-refractivity contribution in [2.24, 2.45) is 4.99 Å². The van der Waals surface area contributed by atoms with Crippen LogP contribution in [0.5, 0.6) is 0 Å². The average molecular weight is 490 g/mol. The third-order valence-electron chi connectivity index (χ3n) is 3.93. The smallest absolute Gasteiger partial charge is 0.191 e. The van der Waals surface area contributed by atoms with Gasteiger partial charge in [-0.05, 0) is 31.4 Å². The number of nitrogens with one attached hydrogen (secondary N) is 2. The van der Waals surface area contributed by atoms with Crippen LogP contribution in [0.25, 0.3) is 10.9 Å². The van der Waals surface area contributed by atoms with E-state index in [9.17, 15) is 8.42 Å². The molecule has 0 saturated heterocycles. The van der Waals surface area contributed by atoms with Crippen molar-refractivity contribution in [2.75, 3.05) is 25.6 Å². The van der Waals surface area contributed by atoms with Crippen molar-refractivity contribution in [1.82, 2.24) is 15.6 Å². The molecule has 0 bridgehead atoms. The lowest BCUT2D eigenvalue weighted by atomic mass is 10.1. The van der Waals surface area contributed by atoms with E-state index in [0.29, 0.717) is 18.9 Å². The summed E-state index contributed by atoms with van der Waals surface area (Å²) < 4.78 is 22.5. The van der Waals surface area contributed by atoms with Gasteiger partial charge < -0.3 is 10.6 Å². The maximum Gasteiger partial charge on any atom is 0.191 e. The second-order valence-electron chi connectivity index (χ2n) is 6.21. The number of halogens is 1. The van der Waals surface area contributed by atoms with Gasteiger partial charge in [0, 0.05) is 37.5 Å². The van der Waals surface area contributed by atoms with Gasteiger partial charge in [-0.3, -0.25) is 9.98 Å². The first-order chi connectivity index (χ1) is 11.9. The first-order valence-electron chi connectivity index (χ1n) is 8.36. The molecule has 2 rings (SSSR count). The number of sulfone groups is 1. The molecule has 2 N–H and O–H groups in total. The molecule has 8 heteroatoms. The molecule has 0 aliphatic heterocycles. The lowest BCUT2D eigenvalue weighted by Crippen LogP contribution is -2.43. The van der Waals surface area contributed by atoms with Crippen LogP contribution < -0.4 is 10.6 Å². The number of aliphatic imine (C=N–C) groups is 1.